The molecular weight excluding hydrogens is 1040 g/mol. The molecule has 0 spiro atoms. The van der Waals surface area contributed by atoms with Crippen molar-refractivity contribution in [2.24, 2.45) is 0 Å². The zero-order valence-corrected chi connectivity index (χ0v) is 41.1. The normalized spacial score (nSPS) is 12.6. The summed E-state index contributed by atoms with van der Waals surface area (Å²) in [6.07, 6.45) is 2.05. The van der Waals surface area contributed by atoms with Crippen LogP contribution in [0.1, 0.15) is 26.3 Å². The number of nitrogens with zero attached hydrogens (tertiary/aromatic N) is 4. The maximum absolute atomic E-state index is 6.83. The van der Waals surface area contributed by atoms with Crippen molar-refractivity contribution < 1.29 is 25.8 Å². The van der Waals surface area contributed by atoms with Crippen molar-refractivity contribution in [1.82, 2.24) is 9.38 Å². The molecule has 0 radical (unpaired) electrons. The van der Waals surface area contributed by atoms with Crippen LogP contribution in [0.3, 0.4) is 0 Å². The Labute approximate surface area is 421 Å². The molecule has 6 heteroatoms. The molecule has 5 nitrogen and oxygen atoms in total. The van der Waals surface area contributed by atoms with E-state index in [4.69, 9.17) is 9.72 Å². The molecule has 3 aromatic heterocycles. The Hall–Kier alpha value is -7.98. The Bertz CT molecular complexity index is 3970. The second-order valence-corrected chi connectivity index (χ2v) is 18.8. The van der Waals surface area contributed by atoms with Gasteiger partial charge in [0.15, 0.2) is 0 Å². The molecule has 1 aliphatic rings. The number of rotatable bonds is 6. The smallest absolute Gasteiger partial charge is 0.143 e. The molecule has 0 unspecified atom stereocenters. The quantitative estimate of drug-likeness (QED) is 0.155. The van der Waals surface area contributed by atoms with Gasteiger partial charge in [-0.25, -0.2) is 4.98 Å². The standard InChI is InChI=1S/C64H45N4O.Pt/c1-64(2,3)44-37-57-53-28-13-11-26-51(53)50-25-10-12-27-52(50)55-31-18-32-56-54-36-35-47(39-60(54)68(62(55)56)63(57)65-40-44)69-46-24-16-23-45(38-46)66-41-67(59-34-15-14-33-58(59)66)61-48(42-19-6-4-7-20-42)29-17-30-49(61)43-21-8-5-9-22-43;/h4-37,40-41H,1-3H3;/q-3;. The molecule has 0 saturated carbocycles. The minimum absolute atomic E-state index is 0. The third kappa shape index (κ3) is 7.15. The number of hydrogen-bond donors (Lipinski definition) is 0. The third-order valence-electron chi connectivity index (χ3n) is 13.7. The van der Waals surface area contributed by atoms with E-state index >= 15 is 0 Å². The van der Waals surface area contributed by atoms with Gasteiger partial charge in [-0.05, 0) is 67.2 Å². The summed E-state index contributed by atoms with van der Waals surface area (Å²) in [5.41, 5.74) is 12.6. The van der Waals surface area contributed by atoms with E-state index in [2.05, 4.69) is 242 Å². The van der Waals surface area contributed by atoms with Crippen LogP contribution in [0, 0.1) is 18.8 Å². The number of hydrogen-bond acceptors (Lipinski definition) is 4. The molecule has 0 atom stereocenters. The Morgan fingerprint density at radius 1 is 0.471 bits per heavy atom. The number of ether oxygens (including phenoxy) is 1. The van der Waals surface area contributed by atoms with Gasteiger partial charge in [0.25, 0.3) is 0 Å². The van der Waals surface area contributed by atoms with Gasteiger partial charge in [0, 0.05) is 83.2 Å². The Morgan fingerprint density at radius 3 is 1.63 bits per heavy atom. The first-order chi connectivity index (χ1) is 33.9. The summed E-state index contributed by atoms with van der Waals surface area (Å²) >= 11 is 0. The molecular formula is C64H45N4OPt-3. The van der Waals surface area contributed by atoms with Crippen LogP contribution in [0.2, 0.25) is 0 Å². The topological polar surface area (TPSA) is 33.0 Å². The van der Waals surface area contributed by atoms with Crippen LogP contribution >= 0.6 is 0 Å². The summed E-state index contributed by atoms with van der Waals surface area (Å²) in [5.74, 6) is 1.17. The van der Waals surface area contributed by atoms with Crippen molar-refractivity contribution in [3.8, 4) is 33.8 Å². The van der Waals surface area contributed by atoms with E-state index in [-0.39, 0.29) is 26.5 Å². The fourth-order valence-corrected chi connectivity index (χ4v) is 10.4. The molecule has 13 rings (SSSR count). The predicted octanol–water partition coefficient (Wildman–Crippen LogP) is 17.1. The summed E-state index contributed by atoms with van der Waals surface area (Å²) in [6.45, 7) is 8.93. The number of para-hydroxylation sites is 4. The van der Waals surface area contributed by atoms with E-state index < -0.39 is 0 Å². The molecule has 12 aromatic rings. The Morgan fingerprint density at radius 2 is 0.986 bits per heavy atom. The number of fused-ring (bicyclic) bond motifs is 11. The van der Waals surface area contributed by atoms with Crippen molar-refractivity contribution in [2.75, 3.05) is 9.80 Å². The minimum atomic E-state index is -0.109. The molecule has 9 aromatic carbocycles. The van der Waals surface area contributed by atoms with E-state index in [0.29, 0.717) is 11.5 Å². The van der Waals surface area contributed by atoms with Gasteiger partial charge in [0.05, 0.1) is 0 Å². The van der Waals surface area contributed by atoms with Crippen molar-refractivity contribution in [3.63, 3.8) is 0 Å². The van der Waals surface area contributed by atoms with Crippen LogP contribution in [-0.2, 0) is 26.5 Å². The third-order valence-corrected chi connectivity index (χ3v) is 13.7. The van der Waals surface area contributed by atoms with Crippen molar-refractivity contribution >= 4 is 82.5 Å². The average molecular weight is 1080 g/mol. The molecule has 0 fully saturated rings. The van der Waals surface area contributed by atoms with Gasteiger partial charge < -0.3 is 18.9 Å². The first-order valence-corrected chi connectivity index (χ1v) is 23.5. The zero-order chi connectivity index (χ0) is 46.2. The molecule has 340 valence electrons. The monoisotopic (exact) mass is 1080 g/mol. The average Bonchev–Trinajstić information content (AvgIpc) is 3.95. The van der Waals surface area contributed by atoms with E-state index in [1.54, 1.807) is 0 Å². The molecule has 0 amide bonds. The van der Waals surface area contributed by atoms with Gasteiger partial charge in [-0.2, -0.15) is 12.1 Å². The van der Waals surface area contributed by atoms with Gasteiger partial charge >= 0.3 is 0 Å². The van der Waals surface area contributed by atoms with Crippen LogP contribution in [0.4, 0.5) is 22.7 Å². The molecule has 0 N–H and O–H groups in total. The fourth-order valence-electron chi connectivity index (χ4n) is 10.4. The number of aromatic nitrogens is 2. The van der Waals surface area contributed by atoms with Gasteiger partial charge in [0.1, 0.15) is 5.65 Å². The molecule has 1 aliphatic heterocycles. The Balaban J connectivity index is 0.00000505. The van der Waals surface area contributed by atoms with Gasteiger partial charge in [-0.1, -0.05) is 184 Å². The summed E-state index contributed by atoms with van der Waals surface area (Å²) < 4.78 is 9.14. The maximum Gasteiger partial charge on any atom is 0.143 e. The van der Waals surface area contributed by atoms with Crippen LogP contribution in [0.15, 0.2) is 212 Å². The summed E-state index contributed by atoms with van der Waals surface area (Å²) in [4.78, 5) is 9.91. The molecule has 0 saturated heterocycles. The van der Waals surface area contributed by atoms with Crippen molar-refractivity contribution in [1.29, 1.82) is 0 Å². The molecule has 70 heavy (non-hydrogen) atoms. The summed E-state index contributed by atoms with van der Waals surface area (Å²) in [6, 6.07) is 80.6. The van der Waals surface area contributed by atoms with Crippen LogP contribution in [0.5, 0.6) is 11.5 Å². The Kier molecular flexibility index (Phi) is 10.6. The number of benzene rings is 9. The zero-order valence-electron chi connectivity index (χ0n) is 38.8. The van der Waals surface area contributed by atoms with Crippen LogP contribution < -0.4 is 14.5 Å². The van der Waals surface area contributed by atoms with E-state index in [0.717, 1.165) is 88.6 Å². The van der Waals surface area contributed by atoms with E-state index in [1.165, 1.54) is 21.7 Å². The van der Waals surface area contributed by atoms with Gasteiger partial charge in [-0.3, -0.25) is 0 Å². The van der Waals surface area contributed by atoms with E-state index in [1.807, 2.05) is 24.4 Å². The molecule has 4 heterocycles. The fraction of sp³-hybridized carbons (Fsp3) is 0.0625. The summed E-state index contributed by atoms with van der Waals surface area (Å²) in [5, 5.41) is 9.09. The number of anilines is 4. The van der Waals surface area contributed by atoms with Crippen LogP contribution in [0.25, 0.3) is 82.0 Å². The SMILES string of the molecule is CC(C)(C)c1cnc2c(c1)c1ccccc1c1ccccc1c1cccc3c4ccc(Oc5[c-]c(N6[CH-]N(c7c(-c8ccccc8)cccc7-c7ccccc7)c7ccccc76)ccc5)[c-]c4n2c13.[Pt]. The molecule has 0 aliphatic carbocycles. The summed E-state index contributed by atoms with van der Waals surface area (Å²) in [7, 11) is 0. The molecule has 0 bridgehead atoms. The second kappa shape index (κ2) is 17.2. The first-order valence-electron chi connectivity index (χ1n) is 23.5. The van der Waals surface area contributed by atoms with Gasteiger partial charge in [-0.15, -0.1) is 48.1 Å². The van der Waals surface area contributed by atoms with Crippen molar-refractivity contribution in [3.05, 3.63) is 237 Å². The second-order valence-electron chi connectivity index (χ2n) is 18.8. The maximum atomic E-state index is 6.83. The largest absolute Gasteiger partial charge is 0.509 e. The van der Waals surface area contributed by atoms with E-state index in [9.17, 15) is 0 Å². The minimum Gasteiger partial charge on any atom is -0.509 e. The first kappa shape index (κ1) is 43.3. The van der Waals surface area contributed by atoms with Crippen LogP contribution in [-0.4, -0.2) is 9.38 Å². The predicted molar refractivity (Wildman–Crippen MR) is 287 cm³/mol. The van der Waals surface area contributed by atoms with Crippen molar-refractivity contribution in [2.45, 2.75) is 26.2 Å². The van der Waals surface area contributed by atoms with Gasteiger partial charge in [0.2, 0.25) is 0 Å². The number of pyridine rings is 1.